The molecular formula is C15H26N2O. The number of ether oxygens (including phenoxy) is 1. The maximum Gasteiger partial charge on any atom is 0.142 e. The smallest absolute Gasteiger partial charge is 0.142 e. The van der Waals surface area contributed by atoms with Gasteiger partial charge in [-0.15, -0.1) is 0 Å². The third kappa shape index (κ3) is 3.39. The molecule has 0 bridgehead atoms. The van der Waals surface area contributed by atoms with Crippen molar-refractivity contribution in [3.8, 4) is 5.75 Å². The van der Waals surface area contributed by atoms with Crippen molar-refractivity contribution in [1.29, 1.82) is 0 Å². The third-order valence-electron chi connectivity index (χ3n) is 3.60. The van der Waals surface area contributed by atoms with Crippen molar-refractivity contribution >= 4 is 5.69 Å². The Labute approximate surface area is 111 Å². The highest BCUT2D eigenvalue weighted by molar-refractivity contribution is 5.58. The van der Waals surface area contributed by atoms with Crippen LogP contribution >= 0.6 is 0 Å². The van der Waals surface area contributed by atoms with Crippen LogP contribution in [0.15, 0.2) is 24.3 Å². The van der Waals surface area contributed by atoms with Gasteiger partial charge in [0.2, 0.25) is 0 Å². The predicted octanol–water partition coefficient (Wildman–Crippen LogP) is 2.89. The summed E-state index contributed by atoms with van der Waals surface area (Å²) in [4.78, 5) is 2.25. The molecule has 0 aliphatic rings. The van der Waals surface area contributed by atoms with E-state index >= 15 is 0 Å². The lowest BCUT2D eigenvalue weighted by Crippen LogP contribution is -2.42. The molecule has 0 aromatic heterocycles. The van der Waals surface area contributed by atoms with Gasteiger partial charge in [-0.3, -0.25) is 0 Å². The fourth-order valence-electron chi connectivity index (χ4n) is 2.52. The number of hydrogen-bond acceptors (Lipinski definition) is 3. The largest absolute Gasteiger partial charge is 0.495 e. The van der Waals surface area contributed by atoms with E-state index in [9.17, 15) is 0 Å². The molecule has 102 valence electrons. The number of para-hydroxylation sites is 2. The molecule has 3 heteroatoms. The Morgan fingerprint density at radius 3 is 2.56 bits per heavy atom. The molecule has 0 aliphatic carbocycles. The lowest BCUT2D eigenvalue weighted by molar-refractivity contribution is 0.396. The molecule has 18 heavy (non-hydrogen) atoms. The highest BCUT2D eigenvalue weighted by Crippen LogP contribution is 2.30. The van der Waals surface area contributed by atoms with Crippen molar-refractivity contribution < 1.29 is 4.74 Å². The van der Waals surface area contributed by atoms with E-state index in [-0.39, 0.29) is 0 Å². The van der Waals surface area contributed by atoms with Crippen LogP contribution in [0.3, 0.4) is 0 Å². The van der Waals surface area contributed by atoms with E-state index in [2.05, 4.69) is 31.9 Å². The number of rotatable bonds is 7. The lowest BCUT2D eigenvalue weighted by Gasteiger charge is -2.34. The molecule has 0 radical (unpaired) electrons. The summed E-state index contributed by atoms with van der Waals surface area (Å²) in [6.45, 7) is 5.15. The summed E-state index contributed by atoms with van der Waals surface area (Å²) in [5.74, 6) is 1.48. The van der Waals surface area contributed by atoms with Crippen molar-refractivity contribution in [3.63, 3.8) is 0 Å². The molecule has 2 atom stereocenters. The van der Waals surface area contributed by atoms with E-state index < -0.39 is 0 Å². The Morgan fingerprint density at radius 1 is 1.33 bits per heavy atom. The average molecular weight is 250 g/mol. The van der Waals surface area contributed by atoms with Crippen LogP contribution in [0.2, 0.25) is 0 Å². The van der Waals surface area contributed by atoms with E-state index in [1.165, 1.54) is 12.8 Å². The number of benzene rings is 1. The fraction of sp³-hybridized carbons (Fsp3) is 0.600. The second-order valence-electron chi connectivity index (χ2n) is 4.85. The molecule has 0 aliphatic heterocycles. The summed E-state index contributed by atoms with van der Waals surface area (Å²) in [6, 6.07) is 8.45. The molecule has 0 fully saturated rings. The SMILES string of the molecule is CCCC(C)C(CN)N(C)c1ccccc1OC. The zero-order chi connectivity index (χ0) is 13.5. The Balaban J connectivity index is 2.92. The van der Waals surface area contributed by atoms with Gasteiger partial charge < -0.3 is 15.4 Å². The minimum atomic E-state index is 0.348. The van der Waals surface area contributed by atoms with Gasteiger partial charge in [-0.2, -0.15) is 0 Å². The molecule has 0 spiro atoms. The Morgan fingerprint density at radius 2 is 2.00 bits per heavy atom. The number of methoxy groups -OCH3 is 1. The predicted molar refractivity (Wildman–Crippen MR) is 78.3 cm³/mol. The van der Waals surface area contributed by atoms with E-state index in [0.717, 1.165) is 11.4 Å². The minimum absolute atomic E-state index is 0.348. The molecule has 1 rings (SSSR count). The summed E-state index contributed by atoms with van der Waals surface area (Å²) in [5, 5.41) is 0. The van der Waals surface area contributed by atoms with Crippen molar-refractivity contribution in [2.45, 2.75) is 32.7 Å². The van der Waals surface area contributed by atoms with Crippen molar-refractivity contribution in [2.75, 3.05) is 25.6 Å². The standard InChI is InChI=1S/C15H26N2O/c1-5-8-12(2)14(11-16)17(3)13-9-6-7-10-15(13)18-4/h6-7,9-10,12,14H,5,8,11,16H2,1-4H3. The van der Waals surface area contributed by atoms with Crippen molar-refractivity contribution in [3.05, 3.63) is 24.3 Å². The number of nitrogens with two attached hydrogens (primary N) is 1. The average Bonchev–Trinajstić information content (AvgIpc) is 2.39. The number of anilines is 1. The maximum absolute atomic E-state index is 5.95. The van der Waals surface area contributed by atoms with Gasteiger partial charge in [0.05, 0.1) is 12.8 Å². The van der Waals surface area contributed by atoms with Crippen LogP contribution in [0.4, 0.5) is 5.69 Å². The second kappa shape index (κ2) is 7.27. The molecule has 3 nitrogen and oxygen atoms in total. The second-order valence-corrected chi connectivity index (χ2v) is 4.85. The molecule has 2 N–H and O–H groups in total. The van der Waals surface area contributed by atoms with Crippen LogP contribution in [-0.2, 0) is 0 Å². The first-order valence-corrected chi connectivity index (χ1v) is 6.71. The van der Waals surface area contributed by atoms with E-state index in [1.807, 2.05) is 18.2 Å². The summed E-state index contributed by atoms with van der Waals surface area (Å²) in [5.41, 5.74) is 7.06. The van der Waals surface area contributed by atoms with Crippen molar-refractivity contribution in [1.82, 2.24) is 0 Å². The Kier molecular flexibility index (Phi) is 5.99. The maximum atomic E-state index is 5.95. The molecule has 0 saturated heterocycles. The number of hydrogen-bond donors (Lipinski definition) is 1. The molecule has 2 unspecified atom stereocenters. The van der Waals surface area contributed by atoms with Gasteiger partial charge in [-0.05, 0) is 24.5 Å². The van der Waals surface area contributed by atoms with Crippen LogP contribution in [0.1, 0.15) is 26.7 Å². The van der Waals surface area contributed by atoms with Gasteiger partial charge in [0, 0.05) is 19.6 Å². The molecule has 1 aromatic carbocycles. The van der Waals surface area contributed by atoms with Crippen LogP contribution in [0.5, 0.6) is 5.75 Å². The summed E-state index contributed by atoms with van der Waals surface area (Å²) >= 11 is 0. The molecule has 0 heterocycles. The number of likely N-dealkylation sites (N-methyl/N-ethyl adjacent to an activating group) is 1. The quantitative estimate of drug-likeness (QED) is 0.808. The van der Waals surface area contributed by atoms with Crippen LogP contribution in [0.25, 0.3) is 0 Å². The van der Waals surface area contributed by atoms with Gasteiger partial charge in [-0.1, -0.05) is 32.4 Å². The molecular weight excluding hydrogens is 224 g/mol. The third-order valence-corrected chi connectivity index (χ3v) is 3.60. The van der Waals surface area contributed by atoms with Gasteiger partial charge in [-0.25, -0.2) is 0 Å². The van der Waals surface area contributed by atoms with Gasteiger partial charge in [0.25, 0.3) is 0 Å². The van der Waals surface area contributed by atoms with Crippen LogP contribution < -0.4 is 15.4 Å². The summed E-state index contributed by atoms with van der Waals surface area (Å²) in [6.07, 6.45) is 2.39. The van der Waals surface area contributed by atoms with Crippen LogP contribution in [0, 0.1) is 5.92 Å². The zero-order valence-corrected chi connectivity index (χ0v) is 12.0. The first-order chi connectivity index (χ1) is 8.65. The highest BCUT2D eigenvalue weighted by Gasteiger charge is 2.21. The zero-order valence-electron chi connectivity index (χ0n) is 12.0. The topological polar surface area (TPSA) is 38.5 Å². The van der Waals surface area contributed by atoms with Crippen LogP contribution in [-0.4, -0.2) is 26.7 Å². The summed E-state index contributed by atoms with van der Waals surface area (Å²) in [7, 11) is 3.81. The first-order valence-electron chi connectivity index (χ1n) is 6.71. The van der Waals surface area contributed by atoms with E-state index in [0.29, 0.717) is 18.5 Å². The van der Waals surface area contributed by atoms with Gasteiger partial charge in [0.15, 0.2) is 0 Å². The Bertz CT molecular complexity index is 354. The molecule has 0 amide bonds. The highest BCUT2D eigenvalue weighted by atomic mass is 16.5. The summed E-state index contributed by atoms with van der Waals surface area (Å²) < 4.78 is 5.42. The van der Waals surface area contributed by atoms with Crippen molar-refractivity contribution in [2.24, 2.45) is 11.7 Å². The minimum Gasteiger partial charge on any atom is -0.495 e. The fourth-order valence-corrected chi connectivity index (χ4v) is 2.52. The normalized spacial score (nSPS) is 14.1. The first kappa shape index (κ1) is 14.8. The molecule has 0 saturated carbocycles. The molecule has 1 aromatic rings. The van der Waals surface area contributed by atoms with E-state index in [4.69, 9.17) is 10.5 Å². The van der Waals surface area contributed by atoms with Gasteiger partial charge >= 0.3 is 0 Å². The Hall–Kier alpha value is -1.22. The van der Waals surface area contributed by atoms with E-state index in [1.54, 1.807) is 7.11 Å². The monoisotopic (exact) mass is 250 g/mol. The lowest BCUT2D eigenvalue weighted by atomic mass is 9.95. The number of nitrogens with zero attached hydrogens (tertiary/aromatic N) is 1. The van der Waals surface area contributed by atoms with Gasteiger partial charge in [0.1, 0.15) is 5.75 Å².